The van der Waals surface area contributed by atoms with Gasteiger partial charge in [-0.2, -0.15) is 0 Å². The first-order valence-corrected chi connectivity index (χ1v) is 9.10. The molecule has 6 nitrogen and oxygen atoms in total. The predicted molar refractivity (Wildman–Crippen MR) is 103 cm³/mol. The molecule has 0 unspecified atom stereocenters. The molecule has 0 aliphatic heterocycles. The zero-order chi connectivity index (χ0) is 19.4. The van der Waals surface area contributed by atoms with E-state index in [9.17, 15) is 14.4 Å². The van der Waals surface area contributed by atoms with Crippen LogP contribution in [0.5, 0.6) is 0 Å². The molecule has 6 heteroatoms. The SMILES string of the molecule is CC(=O)Nc1ccc(NC(=O)C2(CC(=O)NC(C)(C)C)CCCC2)cc1. The lowest BCUT2D eigenvalue weighted by Gasteiger charge is -2.29. The predicted octanol–water partition coefficient (Wildman–Crippen LogP) is 3.45. The van der Waals surface area contributed by atoms with Crippen LogP contribution in [0.4, 0.5) is 11.4 Å². The molecule has 0 saturated heterocycles. The van der Waals surface area contributed by atoms with E-state index in [0.29, 0.717) is 11.4 Å². The van der Waals surface area contributed by atoms with Gasteiger partial charge in [0.2, 0.25) is 17.7 Å². The molecule has 3 N–H and O–H groups in total. The Labute approximate surface area is 155 Å². The number of rotatable bonds is 5. The highest BCUT2D eigenvalue weighted by Crippen LogP contribution is 2.42. The van der Waals surface area contributed by atoms with Crippen LogP contribution in [0.1, 0.15) is 59.8 Å². The lowest BCUT2D eigenvalue weighted by molar-refractivity contribution is -0.133. The number of carbonyl (C=O) groups is 3. The zero-order valence-corrected chi connectivity index (χ0v) is 16.1. The topological polar surface area (TPSA) is 87.3 Å². The molecular weight excluding hydrogens is 330 g/mol. The molecule has 3 amide bonds. The molecule has 142 valence electrons. The molecular formula is C20H29N3O3. The number of benzene rings is 1. The van der Waals surface area contributed by atoms with Gasteiger partial charge < -0.3 is 16.0 Å². The second kappa shape index (κ2) is 7.89. The van der Waals surface area contributed by atoms with Crippen LogP contribution in [0.25, 0.3) is 0 Å². The summed E-state index contributed by atoms with van der Waals surface area (Å²) < 4.78 is 0. The maximum absolute atomic E-state index is 12.9. The fourth-order valence-electron chi connectivity index (χ4n) is 3.41. The first kappa shape index (κ1) is 19.9. The van der Waals surface area contributed by atoms with Crippen molar-refractivity contribution < 1.29 is 14.4 Å². The molecule has 1 aliphatic carbocycles. The highest BCUT2D eigenvalue weighted by atomic mass is 16.2. The summed E-state index contributed by atoms with van der Waals surface area (Å²) in [4.78, 5) is 36.4. The van der Waals surface area contributed by atoms with Gasteiger partial charge in [0.1, 0.15) is 0 Å². The molecule has 0 atom stereocenters. The van der Waals surface area contributed by atoms with Crippen LogP contribution in [0.2, 0.25) is 0 Å². The van der Waals surface area contributed by atoms with E-state index in [1.807, 2.05) is 20.8 Å². The first-order chi connectivity index (χ1) is 12.1. The third kappa shape index (κ3) is 5.58. The number of anilines is 2. The van der Waals surface area contributed by atoms with Crippen molar-refractivity contribution in [2.45, 2.75) is 65.3 Å². The molecule has 0 spiro atoms. The van der Waals surface area contributed by atoms with Crippen LogP contribution in [0.15, 0.2) is 24.3 Å². The van der Waals surface area contributed by atoms with Gasteiger partial charge in [-0.3, -0.25) is 14.4 Å². The lowest BCUT2D eigenvalue weighted by Crippen LogP contribution is -2.45. The third-order valence-electron chi connectivity index (χ3n) is 4.52. The summed E-state index contributed by atoms with van der Waals surface area (Å²) in [5.74, 6) is -0.335. The van der Waals surface area contributed by atoms with E-state index in [-0.39, 0.29) is 29.7 Å². The highest BCUT2D eigenvalue weighted by Gasteiger charge is 2.43. The highest BCUT2D eigenvalue weighted by molar-refractivity contribution is 5.98. The Hall–Kier alpha value is -2.37. The Bertz CT molecular complexity index is 669. The minimum Gasteiger partial charge on any atom is -0.351 e. The minimum atomic E-state index is -0.647. The molecule has 1 saturated carbocycles. The number of hydrogen-bond acceptors (Lipinski definition) is 3. The maximum atomic E-state index is 12.9. The second-order valence-corrected chi connectivity index (χ2v) is 8.18. The Morgan fingerprint density at radius 3 is 1.92 bits per heavy atom. The van der Waals surface area contributed by atoms with Gasteiger partial charge in [0, 0.05) is 30.3 Å². The second-order valence-electron chi connectivity index (χ2n) is 8.18. The Morgan fingerprint density at radius 2 is 1.46 bits per heavy atom. The van der Waals surface area contributed by atoms with Gasteiger partial charge in [0.15, 0.2) is 0 Å². The molecule has 2 rings (SSSR count). The van der Waals surface area contributed by atoms with Crippen molar-refractivity contribution in [3.05, 3.63) is 24.3 Å². The summed E-state index contributed by atoms with van der Waals surface area (Å²) in [7, 11) is 0. The summed E-state index contributed by atoms with van der Waals surface area (Å²) in [6.07, 6.45) is 3.57. The molecule has 1 fully saturated rings. The summed E-state index contributed by atoms with van der Waals surface area (Å²) in [6.45, 7) is 7.25. The zero-order valence-electron chi connectivity index (χ0n) is 16.1. The van der Waals surface area contributed by atoms with Crippen molar-refractivity contribution in [2.75, 3.05) is 10.6 Å². The first-order valence-electron chi connectivity index (χ1n) is 9.10. The average Bonchev–Trinajstić information content (AvgIpc) is 2.96. The minimum absolute atomic E-state index is 0.0874. The van der Waals surface area contributed by atoms with Crippen molar-refractivity contribution in [2.24, 2.45) is 5.41 Å². The number of amides is 3. The Morgan fingerprint density at radius 1 is 0.962 bits per heavy atom. The fraction of sp³-hybridized carbons (Fsp3) is 0.550. The molecule has 0 radical (unpaired) electrons. The van der Waals surface area contributed by atoms with Crippen LogP contribution in [0, 0.1) is 5.41 Å². The summed E-state index contributed by atoms with van der Waals surface area (Å²) in [6, 6.07) is 6.98. The smallest absolute Gasteiger partial charge is 0.231 e. The van der Waals surface area contributed by atoms with Gasteiger partial charge in [-0.15, -0.1) is 0 Å². The van der Waals surface area contributed by atoms with Crippen molar-refractivity contribution in [1.82, 2.24) is 5.32 Å². The van der Waals surface area contributed by atoms with Crippen molar-refractivity contribution in [3.63, 3.8) is 0 Å². The molecule has 26 heavy (non-hydrogen) atoms. The maximum Gasteiger partial charge on any atom is 0.231 e. The van der Waals surface area contributed by atoms with Crippen LogP contribution < -0.4 is 16.0 Å². The largest absolute Gasteiger partial charge is 0.351 e. The summed E-state index contributed by atoms with van der Waals surface area (Å²) in [5, 5.41) is 8.59. The van der Waals surface area contributed by atoms with Crippen LogP contribution in [-0.2, 0) is 14.4 Å². The van der Waals surface area contributed by atoms with Crippen LogP contribution in [-0.4, -0.2) is 23.3 Å². The van der Waals surface area contributed by atoms with E-state index in [1.54, 1.807) is 24.3 Å². The van der Waals surface area contributed by atoms with E-state index in [2.05, 4.69) is 16.0 Å². The van der Waals surface area contributed by atoms with E-state index >= 15 is 0 Å². The Kier molecular flexibility index (Phi) is 6.05. The van der Waals surface area contributed by atoms with Gasteiger partial charge in [0.25, 0.3) is 0 Å². The molecule has 1 aliphatic rings. The van der Waals surface area contributed by atoms with Crippen LogP contribution in [0.3, 0.4) is 0 Å². The summed E-state index contributed by atoms with van der Waals surface area (Å²) >= 11 is 0. The van der Waals surface area contributed by atoms with Crippen LogP contribution >= 0.6 is 0 Å². The fourth-order valence-corrected chi connectivity index (χ4v) is 3.41. The van der Waals surface area contributed by atoms with E-state index in [4.69, 9.17) is 0 Å². The molecule has 0 heterocycles. The normalized spacial score (nSPS) is 16.0. The summed E-state index contributed by atoms with van der Waals surface area (Å²) in [5.41, 5.74) is 0.376. The van der Waals surface area contributed by atoms with Gasteiger partial charge >= 0.3 is 0 Å². The number of hydrogen-bond donors (Lipinski definition) is 3. The number of carbonyl (C=O) groups excluding carboxylic acids is 3. The van der Waals surface area contributed by atoms with E-state index < -0.39 is 5.41 Å². The van der Waals surface area contributed by atoms with Gasteiger partial charge in [-0.05, 0) is 57.9 Å². The number of nitrogens with one attached hydrogen (secondary N) is 3. The molecule has 1 aromatic carbocycles. The van der Waals surface area contributed by atoms with Crippen molar-refractivity contribution >= 4 is 29.1 Å². The van der Waals surface area contributed by atoms with Gasteiger partial charge in [0.05, 0.1) is 5.41 Å². The Balaban J connectivity index is 2.06. The quantitative estimate of drug-likeness (QED) is 0.752. The van der Waals surface area contributed by atoms with Gasteiger partial charge in [-0.25, -0.2) is 0 Å². The molecule has 0 bridgehead atoms. The third-order valence-corrected chi connectivity index (χ3v) is 4.52. The lowest BCUT2D eigenvalue weighted by atomic mass is 9.81. The molecule has 0 aromatic heterocycles. The monoisotopic (exact) mass is 359 g/mol. The van der Waals surface area contributed by atoms with Gasteiger partial charge in [-0.1, -0.05) is 12.8 Å². The standard InChI is InChI=1S/C20H29N3O3/c1-14(24)21-15-7-9-16(10-8-15)22-18(26)20(11-5-6-12-20)13-17(25)23-19(2,3)4/h7-10H,5-6,11-13H2,1-4H3,(H,21,24)(H,22,26)(H,23,25). The molecule has 1 aromatic rings. The van der Waals surface area contributed by atoms with Crippen molar-refractivity contribution in [1.29, 1.82) is 0 Å². The van der Waals surface area contributed by atoms with Crippen molar-refractivity contribution in [3.8, 4) is 0 Å². The van der Waals surface area contributed by atoms with E-state index in [1.165, 1.54) is 6.92 Å². The van der Waals surface area contributed by atoms with E-state index in [0.717, 1.165) is 25.7 Å². The average molecular weight is 359 g/mol.